The first-order valence-electron chi connectivity index (χ1n) is 27.1. The summed E-state index contributed by atoms with van der Waals surface area (Å²) in [6.45, 7) is 8.56. The Bertz CT molecular complexity index is 2840. The molecule has 0 aliphatic heterocycles. The molecule has 4 aromatic carbocycles. The molecule has 418 valence electrons. The second-order valence-corrected chi connectivity index (χ2v) is 20.4. The van der Waals surface area contributed by atoms with Crippen molar-refractivity contribution in [1.82, 2.24) is 4.98 Å². The lowest BCUT2D eigenvalue weighted by molar-refractivity contribution is -0.141. The summed E-state index contributed by atoms with van der Waals surface area (Å²) in [7, 11) is 1.76. The molecule has 5 aromatic rings. The summed E-state index contributed by atoms with van der Waals surface area (Å²) in [6.07, 6.45) is 13.7. The predicted molar refractivity (Wildman–Crippen MR) is 299 cm³/mol. The number of anilines is 1. The molecule has 0 spiro atoms. The van der Waals surface area contributed by atoms with E-state index in [1.54, 1.807) is 78.8 Å². The van der Waals surface area contributed by atoms with E-state index in [-0.39, 0.29) is 29.3 Å². The molecule has 1 heterocycles. The molecule has 0 unspecified atom stereocenters. The van der Waals surface area contributed by atoms with E-state index in [1.807, 2.05) is 24.3 Å². The van der Waals surface area contributed by atoms with Crippen molar-refractivity contribution in [3.8, 4) is 23.0 Å². The maximum atomic E-state index is 13.9. The Morgan fingerprint density at radius 1 is 0.582 bits per heavy atom. The summed E-state index contributed by atoms with van der Waals surface area (Å²) in [5, 5.41) is 6.87. The molecule has 0 N–H and O–H groups in total. The summed E-state index contributed by atoms with van der Waals surface area (Å²) in [5.74, 6) is -1.47. The van der Waals surface area contributed by atoms with Crippen LogP contribution >= 0.6 is 11.3 Å². The van der Waals surface area contributed by atoms with Crippen LogP contribution in [0.1, 0.15) is 129 Å². The Balaban J connectivity index is 0.865. The highest BCUT2D eigenvalue weighted by Crippen LogP contribution is 2.33. The van der Waals surface area contributed by atoms with Gasteiger partial charge in [-0.05, 0) is 182 Å². The summed E-state index contributed by atoms with van der Waals surface area (Å²) in [4.78, 5) is 80.7. The monoisotopic (exact) mass is 1100 g/mol. The van der Waals surface area contributed by atoms with E-state index in [2.05, 4.69) is 23.2 Å². The average Bonchev–Trinajstić information content (AvgIpc) is 3.92. The Labute approximate surface area is 464 Å². The molecule has 0 bridgehead atoms. The Hall–Kier alpha value is -7.86. The fraction of sp³-hybridized carbons (Fsp3) is 0.410. The van der Waals surface area contributed by atoms with Gasteiger partial charge in [0.25, 0.3) is 0 Å². The summed E-state index contributed by atoms with van der Waals surface area (Å²) in [6, 6.07) is 26.2. The van der Waals surface area contributed by atoms with Crippen molar-refractivity contribution < 1.29 is 66.7 Å². The molecule has 0 amide bonds. The van der Waals surface area contributed by atoms with Gasteiger partial charge < -0.3 is 37.9 Å². The van der Waals surface area contributed by atoms with Crippen LogP contribution in [-0.2, 0) is 38.1 Å². The number of hydrazone groups is 1. The molecule has 18 heteroatoms. The van der Waals surface area contributed by atoms with Crippen molar-refractivity contribution in [3.63, 3.8) is 0 Å². The van der Waals surface area contributed by atoms with Gasteiger partial charge >= 0.3 is 35.8 Å². The first-order chi connectivity index (χ1) is 38.4. The second kappa shape index (κ2) is 30.9. The zero-order valence-electron chi connectivity index (χ0n) is 44.7. The normalized spacial score (nSPS) is 17.0. The van der Waals surface area contributed by atoms with Crippen LogP contribution in [0.4, 0.5) is 5.13 Å². The minimum Gasteiger partial charge on any atom is -0.494 e. The van der Waals surface area contributed by atoms with Crippen molar-refractivity contribution in [2.45, 2.75) is 115 Å². The van der Waals surface area contributed by atoms with Crippen LogP contribution in [0.5, 0.6) is 23.0 Å². The molecule has 7 rings (SSSR count). The number of fused-ring (bicyclic) bond motifs is 1. The van der Waals surface area contributed by atoms with E-state index >= 15 is 0 Å². The van der Waals surface area contributed by atoms with Gasteiger partial charge in [-0.1, -0.05) is 36.6 Å². The van der Waals surface area contributed by atoms with E-state index in [0.29, 0.717) is 111 Å². The predicted octanol–water partition coefficient (Wildman–Crippen LogP) is 11.7. The average molecular weight is 1100 g/mol. The van der Waals surface area contributed by atoms with Gasteiger partial charge in [0.1, 0.15) is 35.2 Å². The standard InChI is InChI=1S/C61H69N3O14S/c1-4-55(65)73-38-14-8-6-12-36-71-46-24-18-42(19-25-46)57(67)75-48-26-20-44(21-27-48)59(69)78-51-34-35-52(45(40-51)41-62-64(3)61-63-53-16-10-11-17-54(53)79-61)60(70)77-49-28-22-43(23-29-49)58(68)76-50-32-30-47(31-33-50)72-37-13-7-9-15-39-74-56(66)5-2/h4-5,10-11,16-19,24-25,30-35,40-41,43-44,48-49H,1-2,6-9,12-15,20-23,26-29,36-39H2,3H3/b62-41+/t43-,44-,48+,49+. The number of carbonyl (C=O) groups is 6. The van der Waals surface area contributed by atoms with Crippen LogP contribution in [-0.4, -0.2) is 92.7 Å². The molecule has 1 aromatic heterocycles. The molecular weight excluding hydrogens is 1030 g/mol. The van der Waals surface area contributed by atoms with Crippen LogP contribution in [0.2, 0.25) is 0 Å². The van der Waals surface area contributed by atoms with Crippen LogP contribution in [0, 0.1) is 11.8 Å². The number of hydrogen-bond donors (Lipinski definition) is 0. The Kier molecular flexibility index (Phi) is 23.0. The third-order valence-electron chi connectivity index (χ3n) is 13.5. The van der Waals surface area contributed by atoms with Gasteiger partial charge in [0.2, 0.25) is 5.13 Å². The van der Waals surface area contributed by atoms with Gasteiger partial charge in [0.05, 0.1) is 65.8 Å². The highest BCUT2D eigenvalue weighted by atomic mass is 32.1. The van der Waals surface area contributed by atoms with E-state index in [4.69, 9.17) is 37.9 Å². The first kappa shape index (κ1) is 58.8. The van der Waals surface area contributed by atoms with Crippen molar-refractivity contribution in [1.29, 1.82) is 0 Å². The third-order valence-corrected chi connectivity index (χ3v) is 14.6. The quantitative estimate of drug-likeness (QED) is 0.00830. The van der Waals surface area contributed by atoms with E-state index in [9.17, 15) is 28.8 Å². The van der Waals surface area contributed by atoms with Crippen molar-refractivity contribution in [2.24, 2.45) is 16.9 Å². The topological polar surface area (TPSA) is 205 Å². The number of esters is 6. The lowest BCUT2D eigenvalue weighted by Crippen LogP contribution is -2.30. The molecule has 0 saturated heterocycles. The molecule has 79 heavy (non-hydrogen) atoms. The van der Waals surface area contributed by atoms with Crippen molar-refractivity contribution >= 4 is 68.7 Å². The summed E-state index contributed by atoms with van der Waals surface area (Å²) in [5.41, 5.74) is 1.82. The van der Waals surface area contributed by atoms with Crippen molar-refractivity contribution in [3.05, 3.63) is 133 Å². The highest BCUT2D eigenvalue weighted by molar-refractivity contribution is 7.22. The van der Waals surface area contributed by atoms with E-state index < -0.39 is 41.9 Å². The molecule has 17 nitrogen and oxygen atoms in total. The molecule has 2 saturated carbocycles. The van der Waals surface area contributed by atoms with Crippen LogP contribution in [0.15, 0.2) is 121 Å². The summed E-state index contributed by atoms with van der Waals surface area (Å²) < 4.78 is 46.1. The molecular formula is C61H69N3O14S. The minimum atomic E-state index is -0.579. The largest absolute Gasteiger partial charge is 0.494 e. The summed E-state index contributed by atoms with van der Waals surface area (Å²) >= 11 is 1.47. The number of para-hydroxylation sites is 1. The number of nitrogens with zero attached hydrogens (tertiary/aromatic N) is 3. The minimum absolute atomic E-state index is 0.220. The number of hydrogen-bond acceptors (Lipinski definition) is 18. The fourth-order valence-corrected chi connectivity index (χ4v) is 9.89. The van der Waals surface area contributed by atoms with Gasteiger partial charge in [0.15, 0.2) is 0 Å². The zero-order chi connectivity index (χ0) is 55.8. The molecule has 2 aliphatic rings. The number of unbranched alkanes of at least 4 members (excludes halogenated alkanes) is 6. The maximum Gasteiger partial charge on any atom is 0.339 e. The fourth-order valence-electron chi connectivity index (χ4n) is 9.01. The highest BCUT2D eigenvalue weighted by Gasteiger charge is 2.32. The van der Waals surface area contributed by atoms with Gasteiger partial charge in [-0.25, -0.2) is 29.2 Å². The zero-order valence-corrected chi connectivity index (χ0v) is 45.5. The van der Waals surface area contributed by atoms with Crippen LogP contribution in [0.3, 0.4) is 0 Å². The van der Waals surface area contributed by atoms with Gasteiger partial charge in [-0.2, -0.15) is 5.10 Å². The Morgan fingerprint density at radius 2 is 1.06 bits per heavy atom. The first-order valence-corrected chi connectivity index (χ1v) is 27.9. The van der Waals surface area contributed by atoms with Gasteiger partial charge in [-0.3, -0.25) is 9.59 Å². The SMILES string of the molecule is C=CC(=O)OCCCCCCOc1ccc(OC(=O)[C@H]2CC[C@@H](OC(=O)c3ccc(OC(=O)[C@H]4CC[C@@H](OC(=O)c5ccc(OCCCCCCOC(=O)C=C)cc5)CC4)cc3/C=N/N(C)c3nc4ccccc4s3)CC2)cc1. The number of aromatic nitrogens is 1. The number of rotatable bonds is 29. The maximum absolute atomic E-state index is 13.9. The van der Waals surface area contributed by atoms with E-state index in [0.717, 1.165) is 73.7 Å². The molecule has 2 aliphatic carbocycles. The third kappa shape index (κ3) is 18.9. The lowest BCUT2D eigenvalue weighted by Gasteiger charge is -2.27. The molecule has 2 fully saturated rings. The van der Waals surface area contributed by atoms with Crippen LogP contribution < -0.4 is 24.0 Å². The van der Waals surface area contributed by atoms with E-state index in [1.165, 1.54) is 17.6 Å². The molecule has 0 atom stereocenters. The van der Waals surface area contributed by atoms with Gasteiger partial charge in [0, 0.05) is 24.8 Å². The second-order valence-electron chi connectivity index (χ2n) is 19.3. The number of benzene rings is 4. The number of carbonyl (C=O) groups excluding carboxylic acids is 6. The van der Waals surface area contributed by atoms with Gasteiger partial charge in [-0.15, -0.1) is 0 Å². The van der Waals surface area contributed by atoms with Crippen LogP contribution in [0.25, 0.3) is 10.2 Å². The van der Waals surface area contributed by atoms with Crippen molar-refractivity contribution in [2.75, 3.05) is 38.5 Å². The smallest absolute Gasteiger partial charge is 0.339 e. The molecule has 0 radical (unpaired) electrons. The Morgan fingerprint density at radius 3 is 1.61 bits per heavy atom. The lowest BCUT2D eigenvalue weighted by atomic mass is 9.87. The number of ether oxygens (including phenoxy) is 8. The number of thiazole rings is 1.